The molecule has 0 saturated heterocycles. The summed E-state index contributed by atoms with van der Waals surface area (Å²) < 4.78 is 0.404. The van der Waals surface area contributed by atoms with Gasteiger partial charge < -0.3 is 5.21 Å². The second-order valence-corrected chi connectivity index (χ2v) is 4.38. The molecule has 0 aliphatic rings. The maximum Gasteiger partial charge on any atom is 0.294 e. The molecule has 1 heterocycles. The van der Waals surface area contributed by atoms with E-state index in [9.17, 15) is 20.1 Å². The van der Waals surface area contributed by atoms with E-state index in [0.29, 0.717) is 10.2 Å². The summed E-state index contributed by atoms with van der Waals surface area (Å²) in [6.45, 7) is 0. The maximum atomic E-state index is 12.1. The number of non-ortho nitro benzene ring substituents is 1. The normalized spacial score (nSPS) is 10.7. The first-order valence-electron chi connectivity index (χ1n) is 6.04. The molecule has 7 heteroatoms. The van der Waals surface area contributed by atoms with Crippen molar-refractivity contribution in [3.63, 3.8) is 0 Å². The van der Waals surface area contributed by atoms with Gasteiger partial charge in [-0.2, -0.15) is 0 Å². The molecule has 21 heavy (non-hydrogen) atoms. The summed E-state index contributed by atoms with van der Waals surface area (Å²) in [5.74, 6) is -0.0394. The maximum absolute atomic E-state index is 12.1. The Labute approximate surface area is 117 Å². The highest BCUT2D eigenvalue weighted by atomic mass is 16.6. The van der Waals surface area contributed by atoms with Gasteiger partial charge in [0.15, 0.2) is 5.82 Å². The number of para-hydroxylation sites is 1. The summed E-state index contributed by atoms with van der Waals surface area (Å²) in [4.78, 5) is 26.5. The van der Waals surface area contributed by atoms with Gasteiger partial charge in [0.05, 0.1) is 15.8 Å². The van der Waals surface area contributed by atoms with E-state index in [1.54, 1.807) is 24.3 Å². The van der Waals surface area contributed by atoms with Gasteiger partial charge in [0.1, 0.15) is 0 Å². The zero-order valence-corrected chi connectivity index (χ0v) is 10.6. The van der Waals surface area contributed by atoms with Crippen LogP contribution in [0.5, 0.6) is 0 Å². The molecule has 7 nitrogen and oxygen atoms in total. The van der Waals surface area contributed by atoms with Crippen molar-refractivity contribution < 1.29 is 10.1 Å². The third kappa shape index (κ3) is 2.10. The van der Waals surface area contributed by atoms with E-state index in [4.69, 9.17) is 0 Å². The molecule has 0 aliphatic heterocycles. The minimum absolute atomic E-state index is 0.0394. The van der Waals surface area contributed by atoms with Gasteiger partial charge in [-0.1, -0.05) is 24.3 Å². The van der Waals surface area contributed by atoms with Crippen molar-refractivity contribution in [3.05, 3.63) is 69.0 Å². The molecule has 0 spiro atoms. The Hall–Kier alpha value is -3.22. The van der Waals surface area contributed by atoms with Crippen LogP contribution in [-0.4, -0.2) is 19.8 Å². The summed E-state index contributed by atoms with van der Waals surface area (Å²) in [7, 11) is 0. The molecule has 3 rings (SSSR count). The van der Waals surface area contributed by atoms with E-state index in [1.807, 2.05) is 0 Å². The monoisotopic (exact) mass is 283 g/mol. The molecule has 0 radical (unpaired) electrons. The van der Waals surface area contributed by atoms with E-state index in [-0.39, 0.29) is 22.5 Å². The van der Waals surface area contributed by atoms with Crippen molar-refractivity contribution in [1.29, 1.82) is 0 Å². The molecule has 0 unspecified atom stereocenters. The first-order chi connectivity index (χ1) is 10.1. The lowest BCUT2D eigenvalue weighted by Crippen LogP contribution is -2.21. The van der Waals surface area contributed by atoms with Gasteiger partial charge >= 0.3 is 0 Å². The molecule has 0 bridgehead atoms. The van der Waals surface area contributed by atoms with Crippen LogP contribution in [0, 0.1) is 10.1 Å². The van der Waals surface area contributed by atoms with Crippen molar-refractivity contribution in [1.82, 2.24) is 9.71 Å². The number of benzene rings is 2. The van der Waals surface area contributed by atoms with Crippen LogP contribution in [0.1, 0.15) is 0 Å². The average Bonchev–Trinajstić information content (AvgIpc) is 2.51. The number of aromatic nitrogens is 2. The predicted molar refractivity (Wildman–Crippen MR) is 75.3 cm³/mol. The average molecular weight is 283 g/mol. The van der Waals surface area contributed by atoms with Crippen LogP contribution in [0.3, 0.4) is 0 Å². The third-order valence-corrected chi connectivity index (χ3v) is 3.07. The van der Waals surface area contributed by atoms with Crippen molar-refractivity contribution in [3.8, 4) is 11.4 Å². The highest BCUT2D eigenvalue weighted by Gasteiger charge is 2.14. The fraction of sp³-hybridized carbons (Fsp3) is 0. The van der Waals surface area contributed by atoms with Gasteiger partial charge in [-0.15, -0.1) is 4.73 Å². The Balaban J connectivity index is 2.30. The topological polar surface area (TPSA) is 98.3 Å². The second kappa shape index (κ2) is 4.71. The number of rotatable bonds is 2. The van der Waals surface area contributed by atoms with Crippen LogP contribution < -0.4 is 5.56 Å². The summed E-state index contributed by atoms with van der Waals surface area (Å²) in [5, 5.41) is 21.0. The van der Waals surface area contributed by atoms with E-state index in [2.05, 4.69) is 4.98 Å². The standard InChI is InChI=1S/C14H9N3O4/c18-14-11-6-1-2-7-12(11)15-13(16(14)19)9-4-3-5-10(8-9)17(20)21/h1-8,19H. The molecule has 3 aromatic rings. The van der Waals surface area contributed by atoms with Gasteiger partial charge in [-0.3, -0.25) is 14.9 Å². The number of hydrogen-bond acceptors (Lipinski definition) is 5. The first-order valence-corrected chi connectivity index (χ1v) is 6.04. The van der Waals surface area contributed by atoms with E-state index < -0.39 is 10.5 Å². The molecule has 104 valence electrons. The largest absolute Gasteiger partial charge is 0.423 e. The van der Waals surface area contributed by atoms with Crippen LogP contribution in [-0.2, 0) is 0 Å². The van der Waals surface area contributed by atoms with Crippen LogP contribution in [0.2, 0.25) is 0 Å². The summed E-state index contributed by atoms with van der Waals surface area (Å²) >= 11 is 0. The Kier molecular flexibility index (Phi) is 2.87. The number of nitro benzene ring substituents is 1. The Morgan fingerprint density at radius 3 is 2.67 bits per heavy atom. The van der Waals surface area contributed by atoms with Crippen molar-refractivity contribution in [2.24, 2.45) is 0 Å². The molecule has 0 fully saturated rings. The number of nitrogens with zero attached hydrogens (tertiary/aromatic N) is 3. The van der Waals surface area contributed by atoms with Crippen LogP contribution in [0.15, 0.2) is 53.3 Å². The predicted octanol–water partition coefficient (Wildman–Crippen LogP) is 2.21. The second-order valence-electron chi connectivity index (χ2n) is 4.38. The van der Waals surface area contributed by atoms with Crippen molar-refractivity contribution >= 4 is 16.6 Å². The van der Waals surface area contributed by atoms with Crippen molar-refractivity contribution in [2.45, 2.75) is 0 Å². The molecule has 1 N–H and O–H groups in total. The van der Waals surface area contributed by atoms with Gasteiger partial charge in [0.2, 0.25) is 0 Å². The Morgan fingerprint density at radius 1 is 1.14 bits per heavy atom. The lowest BCUT2D eigenvalue weighted by molar-refractivity contribution is -0.384. The first kappa shape index (κ1) is 12.8. The summed E-state index contributed by atoms with van der Waals surface area (Å²) in [6.07, 6.45) is 0. The van der Waals surface area contributed by atoms with Crippen molar-refractivity contribution in [2.75, 3.05) is 0 Å². The highest BCUT2D eigenvalue weighted by molar-refractivity contribution is 5.79. The van der Waals surface area contributed by atoms with Gasteiger partial charge in [0.25, 0.3) is 11.2 Å². The molecule has 0 saturated carbocycles. The Morgan fingerprint density at radius 2 is 1.90 bits per heavy atom. The fourth-order valence-corrected chi connectivity index (χ4v) is 2.07. The quantitative estimate of drug-likeness (QED) is 0.441. The zero-order chi connectivity index (χ0) is 15.0. The highest BCUT2D eigenvalue weighted by Crippen LogP contribution is 2.22. The fourth-order valence-electron chi connectivity index (χ4n) is 2.07. The van der Waals surface area contributed by atoms with Gasteiger partial charge in [0, 0.05) is 17.7 Å². The van der Waals surface area contributed by atoms with E-state index in [0.717, 1.165) is 0 Å². The molecular formula is C14H9N3O4. The minimum Gasteiger partial charge on any atom is -0.423 e. The smallest absolute Gasteiger partial charge is 0.294 e. The third-order valence-electron chi connectivity index (χ3n) is 3.07. The van der Waals surface area contributed by atoms with Crippen LogP contribution >= 0.6 is 0 Å². The minimum atomic E-state index is -0.623. The van der Waals surface area contributed by atoms with Gasteiger partial charge in [-0.25, -0.2) is 4.98 Å². The summed E-state index contributed by atoms with van der Waals surface area (Å²) in [5.41, 5.74) is -0.0686. The van der Waals surface area contributed by atoms with E-state index >= 15 is 0 Å². The molecule has 1 aromatic heterocycles. The molecular weight excluding hydrogens is 274 g/mol. The Bertz CT molecular complexity index is 917. The number of fused-ring (bicyclic) bond motifs is 1. The van der Waals surface area contributed by atoms with Crippen LogP contribution in [0.25, 0.3) is 22.3 Å². The number of hydrogen-bond donors (Lipinski definition) is 1. The molecule has 0 amide bonds. The van der Waals surface area contributed by atoms with Gasteiger partial charge in [-0.05, 0) is 12.1 Å². The lowest BCUT2D eigenvalue weighted by atomic mass is 10.1. The number of nitro groups is 1. The lowest BCUT2D eigenvalue weighted by Gasteiger charge is -2.07. The molecule has 0 aliphatic carbocycles. The molecule has 2 aromatic carbocycles. The van der Waals surface area contributed by atoms with Crippen LogP contribution in [0.4, 0.5) is 5.69 Å². The van der Waals surface area contributed by atoms with E-state index in [1.165, 1.54) is 24.3 Å². The zero-order valence-electron chi connectivity index (χ0n) is 10.6. The SMILES string of the molecule is O=c1c2ccccc2nc(-c2cccc([N+](=O)[O-])c2)n1O. The summed E-state index contributed by atoms with van der Waals surface area (Å²) in [6, 6.07) is 12.1. The molecule has 0 atom stereocenters.